The number of nitrogens with zero attached hydrogens (tertiary/aromatic N) is 2. The number of carbonyl (C=O) groups is 1. The summed E-state index contributed by atoms with van der Waals surface area (Å²) in [6.07, 6.45) is 3.05. The number of anilines is 1. The molecule has 3 rings (SSSR count). The third kappa shape index (κ3) is 2.48. The van der Waals surface area contributed by atoms with Gasteiger partial charge in [0, 0.05) is 25.2 Å². The second kappa shape index (κ2) is 5.26. The average Bonchev–Trinajstić information content (AvgIpc) is 2.67. The van der Waals surface area contributed by atoms with E-state index >= 15 is 0 Å². The van der Waals surface area contributed by atoms with Gasteiger partial charge in [-0.25, -0.2) is 8.78 Å². The Morgan fingerprint density at radius 1 is 1.24 bits per heavy atom. The number of amides is 1. The normalized spacial score (nSPS) is 26.0. The van der Waals surface area contributed by atoms with Crippen molar-refractivity contribution in [1.82, 2.24) is 9.80 Å². The zero-order valence-corrected chi connectivity index (χ0v) is 12.0. The molecule has 0 aliphatic carbocycles. The molecule has 1 aromatic carbocycles. The number of carbonyl (C=O) groups excluding carboxylic acids is 1. The molecule has 0 aromatic heterocycles. The van der Waals surface area contributed by atoms with Gasteiger partial charge in [0.1, 0.15) is 5.82 Å². The van der Waals surface area contributed by atoms with Gasteiger partial charge in [-0.15, -0.1) is 0 Å². The van der Waals surface area contributed by atoms with E-state index < -0.39 is 17.5 Å². The molecule has 2 aliphatic heterocycles. The number of fused-ring (bicyclic) bond motifs is 2. The zero-order valence-electron chi connectivity index (χ0n) is 12.0. The minimum Gasteiger partial charge on any atom is -0.396 e. The SMILES string of the molecule is CN1C2CCC1CN(C(=O)c1cc(F)cc(N)c1F)CC2. The minimum absolute atomic E-state index is 0.270. The molecule has 6 heteroatoms. The number of hydrogen-bond acceptors (Lipinski definition) is 3. The van der Waals surface area contributed by atoms with Crippen molar-refractivity contribution in [2.24, 2.45) is 0 Å². The largest absolute Gasteiger partial charge is 0.396 e. The molecule has 2 heterocycles. The molecule has 2 atom stereocenters. The van der Waals surface area contributed by atoms with E-state index in [4.69, 9.17) is 5.73 Å². The van der Waals surface area contributed by atoms with E-state index in [1.807, 2.05) is 0 Å². The first-order valence-corrected chi connectivity index (χ1v) is 7.23. The number of benzene rings is 1. The van der Waals surface area contributed by atoms with Gasteiger partial charge in [-0.1, -0.05) is 0 Å². The predicted molar refractivity (Wildman–Crippen MR) is 75.9 cm³/mol. The zero-order chi connectivity index (χ0) is 15.1. The number of likely N-dealkylation sites (tertiary alicyclic amines) is 1. The summed E-state index contributed by atoms with van der Waals surface area (Å²) in [5, 5.41) is 0. The summed E-state index contributed by atoms with van der Waals surface area (Å²) in [4.78, 5) is 16.4. The molecular weight excluding hydrogens is 276 g/mol. The van der Waals surface area contributed by atoms with Gasteiger partial charge < -0.3 is 10.6 Å². The van der Waals surface area contributed by atoms with Gasteiger partial charge >= 0.3 is 0 Å². The van der Waals surface area contributed by atoms with E-state index in [9.17, 15) is 13.6 Å². The first kappa shape index (κ1) is 14.3. The second-order valence-corrected chi connectivity index (χ2v) is 5.95. The van der Waals surface area contributed by atoms with Crippen LogP contribution in [0.5, 0.6) is 0 Å². The van der Waals surface area contributed by atoms with Crippen LogP contribution in [0, 0.1) is 11.6 Å². The van der Waals surface area contributed by atoms with Crippen LogP contribution < -0.4 is 5.73 Å². The highest BCUT2D eigenvalue weighted by atomic mass is 19.1. The van der Waals surface area contributed by atoms with Gasteiger partial charge in [0.25, 0.3) is 5.91 Å². The summed E-state index contributed by atoms with van der Waals surface area (Å²) in [5.41, 5.74) is 4.81. The molecule has 2 fully saturated rings. The Kier molecular flexibility index (Phi) is 3.57. The lowest BCUT2D eigenvalue weighted by molar-refractivity contribution is 0.0735. The topological polar surface area (TPSA) is 49.6 Å². The molecule has 0 spiro atoms. The molecule has 2 N–H and O–H groups in total. The third-order valence-corrected chi connectivity index (χ3v) is 4.73. The molecule has 114 valence electrons. The number of rotatable bonds is 1. The Hall–Kier alpha value is -1.69. The van der Waals surface area contributed by atoms with Crippen LogP contribution in [0.3, 0.4) is 0 Å². The summed E-state index contributed by atoms with van der Waals surface area (Å²) in [5.74, 6) is -1.99. The van der Waals surface area contributed by atoms with Crippen molar-refractivity contribution in [3.8, 4) is 0 Å². The van der Waals surface area contributed by atoms with E-state index in [1.165, 1.54) is 0 Å². The van der Waals surface area contributed by atoms with Crippen LogP contribution in [0.25, 0.3) is 0 Å². The fraction of sp³-hybridized carbons (Fsp3) is 0.533. The van der Waals surface area contributed by atoms with Gasteiger partial charge in [0.15, 0.2) is 5.82 Å². The molecule has 0 radical (unpaired) electrons. The standard InChI is InChI=1S/C15H19F2N3O/c1-19-10-2-3-11(19)8-20(5-4-10)15(21)12-6-9(16)7-13(18)14(12)17/h6-7,10-11H,2-5,8,18H2,1H3. The Labute approximate surface area is 122 Å². The molecule has 2 saturated heterocycles. The quantitative estimate of drug-likeness (QED) is 0.805. The van der Waals surface area contributed by atoms with Crippen molar-refractivity contribution in [3.63, 3.8) is 0 Å². The van der Waals surface area contributed by atoms with Crippen LogP contribution in [0.2, 0.25) is 0 Å². The van der Waals surface area contributed by atoms with E-state index in [2.05, 4.69) is 11.9 Å². The minimum atomic E-state index is -0.829. The predicted octanol–water partition coefficient (Wildman–Crippen LogP) is 1.86. The van der Waals surface area contributed by atoms with Gasteiger partial charge in [-0.05, 0) is 38.4 Å². The van der Waals surface area contributed by atoms with Crippen LogP contribution in [-0.4, -0.2) is 47.9 Å². The maximum Gasteiger partial charge on any atom is 0.257 e. The molecule has 2 bridgehead atoms. The van der Waals surface area contributed by atoms with E-state index in [-0.39, 0.29) is 11.3 Å². The van der Waals surface area contributed by atoms with E-state index in [0.717, 1.165) is 31.4 Å². The summed E-state index contributed by atoms with van der Waals surface area (Å²) < 4.78 is 27.4. The maximum absolute atomic E-state index is 14.0. The Morgan fingerprint density at radius 2 is 1.95 bits per heavy atom. The van der Waals surface area contributed by atoms with Crippen molar-refractivity contribution in [2.45, 2.75) is 31.3 Å². The lowest BCUT2D eigenvalue weighted by Gasteiger charge is -2.26. The Bertz CT molecular complexity index is 578. The van der Waals surface area contributed by atoms with Crippen molar-refractivity contribution < 1.29 is 13.6 Å². The van der Waals surface area contributed by atoms with Crippen LogP contribution in [0.15, 0.2) is 12.1 Å². The van der Waals surface area contributed by atoms with Crippen LogP contribution in [-0.2, 0) is 0 Å². The number of halogens is 2. The fourth-order valence-corrected chi connectivity index (χ4v) is 3.43. The highest BCUT2D eigenvalue weighted by Gasteiger charge is 2.36. The molecule has 2 unspecified atom stereocenters. The summed E-state index contributed by atoms with van der Waals surface area (Å²) in [6.45, 7) is 1.13. The number of nitrogens with two attached hydrogens (primary N) is 1. The van der Waals surface area contributed by atoms with E-state index in [1.54, 1.807) is 4.90 Å². The molecule has 1 aromatic rings. The second-order valence-electron chi connectivity index (χ2n) is 5.95. The highest BCUT2D eigenvalue weighted by molar-refractivity contribution is 5.95. The maximum atomic E-state index is 14.0. The first-order valence-electron chi connectivity index (χ1n) is 7.23. The Morgan fingerprint density at radius 3 is 2.71 bits per heavy atom. The molecular formula is C15H19F2N3O. The van der Waals surface area contributed by atoms with Crippen molar-refractivity contribution in [1.29, 1.82) is 0 Å². The van der Waals surface area contributed by atoms with Gasteiger partial charge in [-0.3, -0.25) is 9.69 Å². The fourth-order valence-electron chi connectivity index (χ4n) is 3.43. The van der Waals surface area contributed by atoms with Crippen LogP contribution in [0.1, 0.15) is 29.6 Å². The van der Waals surface area contributed by atoms with E-state index in [0.29, 0.717) is 25.2 Å². The third-order valence-electron chi connectivity index (χ3n) is 4.73. The number of likely N-dealkylation sites (N-methyl/N-ethyl adjacent to an activating group) is 1. The molecule has 1 amide bonds. The van der Waals surface area contributed by atoms with Crippen molar-refractivity contribution in [2.75, 3.05) is 25.9 Å². The van der Waals surface area contributed by atoms with Crippen molar-refractivity contribution >= 4 is 11.6 Å². The molecule has 21 heavy (non-hydrogen) atoms. The number of nitrogen functional groups attached to an aromatic ring is 1. The van der Waals surface area contributed by atoms with Gasteiger partial charge in [0.2, 0.25) is 0 Å². The molecule has 2 aliphatic rings. The lowest BCUT2D eigenvalue weighted by Crippen LogP contribution is -2.40. The van der Waals surface area contributed by atoms with Crippen LogP contribution >= 0.6 is 0 Å². The smallest absolute Gasteiger partial charge is 0.257 e. The van der Waals surface area contributed by atoms with Crippen molar-refractivity contribution in [3.05, 3.63) is 29.3 Å². The molecule has 0 saturated carbocycles. The number of hydrogen-bond donors (Lipinski definition) is 1. The Balaban J connectivity index is 1.86. The average molecular weight is 295 g/mol. The monoisotopic (exact) mass is 295 g/mol. The summed E-state index contributed by atoms with van der Waals surface area (Å²) in [7, 11) is 2.07. The lowest BCUT2D eigenvalue weighted by atomic mass is 10.1. The molecule has 4 nitrogen and oxygen atoms in total. The first-order chi connectivity index (χ1) is 9.97. The van der Waals surface area contributed by atoms with Gasteiger partial charge in [-0.2, -0.15) is 0 Å². The van der Waals surface area contributed by atoms with Gasteiger partial charge in [0.05, 0.1) is 11.3 Å². The highest BCUT2D eigenvalue weighted by Crippen LogP contribution is 2.29. The summed E-state index contributed by atoms with van der Waals surface area (Å²) in [6, 6.07) is 2.61. The van der Waals surface area contributed by atoms with Crippen LogP contribution in [0.4, 0.5) is 14.5 Å². The summed E-state index contributed by atoms with van der Waals surface area (Å²) >= 11 is 0.